The number of hydrogen-bond donors (Lipinski definition) is 1. The first-order chi connectivity index (χ1) is 10.4. The fraction of sp³-hybridized carbons (Fsp3) is 0.400. The van der Waals surface area contributed by atoms with E-state index in [-0.39, 0.29) is 0 Å². The summed E-state index contributed by atoms with van der Waals surface area (Å²) in [5.74, 6) is 1.86. The molecule has 0 unspecified atom stereocenters. The number of rotatable bonds is 4. The van der Waals surface area contributed by atoms with Crippen LogP contribution in [0, 0.1) is 0 Å². The highest BCUT2D eigenvalue weighted by molar-refractivity contribution is 5.41. The van der Waals surface area contributed by atoms with Crippen molar-refractivity contribution in [1.82, 2.24) is 20.3 Å². The van der Waals surface area contributed by atoms with Gasteiger partial charge in [-0.1, -0.05) is 6.07 Å². The summed E-state index contributed by atoms with van der Waals surface area (Å²) in [7, 11) is 1.92. The van der Waals surface area contributed by atoms with Gasteiger partial charge in [-0.15, -0.1) is 0 Å². The van der Waals surface area contributed by atoms with Crippen LogP contribution >= 0.6 is 0 Å². The van der Waals surface area contributed by atoms with E-state index in [0.29, 0.717) is 0 Å². The number of pyridine rings is 1. The lowest BCUT2D eigenvalue weighted by atomic mass is 10.3. The van der Waals surface area contributed by atoms with Crippen LogP contribution in [0.3, 0.4) is 0 Å². The van der Waals surface area contributed by atoms with Gasteiger partial charge in [0.2, 0.25) is 5.95 Å². The van der Waals surface area contributed by atoms with Gasteiger partial charge in [0.05, 0.1) is 0 Å². The van der Waals surface area contributed by atoms with Crippen LogP contribution in [0.25, 0.3) is 0 Å². The Hall–Kier alpha value is -2.21. The Kier molecular flexibility index (Phi) is 4.25. The molecule has 110 valence electrons. The van der Waals surface area contributed by atoms with Gasteiger partial charge in [-0.3, -0.25) is 0 Å². The first kappa shape index (κ1) is 13.8. The molecule has 3 rings (SSSR count). The molecule has 0 radical (unpaired) electrons. The molecule has 0 spiro atoms. The van der Waals surface area contributed by atoms with Crippen molar-refractivity contribution < 1.29 is 0 Å². The van der Waals surface area contributed by atoms with E-state index in [0.717, 1.165) is 50.1 Å². The lowest BCUT2D eigenvalue weighted by molar-refractivity contribution is 0.633. The summed E-state index contributed by atoms with van der Waals surface area (Å²) in [5, 5.41) is 3.10. The number of anilines is 2. The van der Waals surface area contributed by atoms with Crippen molar-refractivity contribution in [3.05, 3.63) is 42.4 Å². The Bertz CT molecular complexity index is 548. The summed E-state index contributed by atoms with van der Waals surface area (Å²) in [6, 6.07) is 6.03. The van der Waals surface area contributed by atoms with Crippen LogP contribution in [0.4, 0.5) is 11.8 Å². The van der Waals surface area contributed by atoms with Crippen LogP contribution in [-0.2, 0) is 6.54 Å². The van der Waals surface area contributed by atoms with Gasteiger partial charge >= 0.3 is 0 Å². The van der Waals surface area contributed by atoms with E-state index in [4.69, 9.17) is 0 Å². The molecule has 6 heteroatoms. The summed E-state index contributed by atoms with van der Waals surface area (Å²) in [5.41, 5.74) is 1.10. The molecule has 0 atom stereocenters. The lowest BCUT2D eigenvalue weighted by Gasteiger charge is -2.35. The highest BCUT2D eigenvalue weighted by atomic mass is 15.3. The Labute approximate surface area is 124 Å². The third-order valence-electron chi connectivity index (χ3n) is 3.61. The monoisotopic (exact) mass is 284 g/mol. The molecule has 0 bridgehead atoms. The highest BCUT2D eigenvalue weighted by Crippen LogP contribution is 2.15. The fourth-order valence-electron chi connectivity index (χ4n) is 2.48. The van der Waals surface area contributed by atoms with Crippen LogP contribution in [-0.4, -0.2) is 48.2 Å². The number of piperazine rings is 1. The zero-order valence-corrected chi connectivity index (χ0v) is 12.2. The van der Waals surface area contributed by atoms with E-state index < -0.39 is 0 Å². The molecule has 1 saturated heterocycles. The quantitative estimate of drug-likeness (QED) is 0.901. The molecule has 6 nitrogen and oxygen atoms in total. The van der Waals surface area contributed by atoms with Gasteiger partial charge in [0, 0.05) is 56.9 Å². The number of aromatic nitrogens is 3. The molecule has 0 saturated carbocycles. The topological polar surface area (TPSA) is 57.2 Å². The highest BCUT2D eigenvalue weighted by Gasteiger charge is 2.19. The van der Waals surface area contributed by atoms with Crippen molar-refractivity contribution in [1.29, 1.82) is 0 Å². The number of nitrogens with one attached hydrogen (secondary N) is 1. The fourth-order valence-corrected chi connectivity index (χ4v) is 2.48. The summed E-state index contributed by atoms with van der Waals surface area (Å²) in [6.45, 7) is 4.52. The summed E-state index contributed by atoms with van der Waals surface area (Å²) < 4.78 is 0. The maximum Gasteiger partial charge on any atom is 0.225 e. The van der Waals surface area contributed by atoms with Crippen molar-refractivity contribution in [3.63, 3.8) is 0 Å². The molecule has 0 aliphatic carbocycles. The van der Waals surface area contributed by atoms with Crippen LogP contribution in [0.5, 0.6) is 0 Å². The maximum atomic E-state index is 4.46. The zero-order valence-electron chi connectivity index (χ0n) is 12.2. The average molecular weight is 284 g/mol. The third-order valence-corrected chi connectivity index (χ3v) is 3.61. The first-order valence-corrected chi connectivity index (χ1v) is 7.23. The maximum absolute atomic E-state index is 4.46. The second kappa shape index (κ2) is 6.49. The zero-order chi connectivity index (χ0) is 14.5. The minimum atomic E-state index is 0.799. The molecule has 0 aromatic carbocycles. The van der Waals surface area contributed by atoms with E-state index in [9.17, 15) is 0 Å². The van der Waals surface area contributed by atoms with Gasteiger partial charge in [-0.2, -0.15) is 0 Å². The summed E-state index contributed by atoms with van der Waals surface area (Å²) in [4.78, 5) is 17.8. The summed E-state index contributed by atoms with van der Waals surface area (Å²) >= 11 is 0. The van der Waals surface area contributed by atoms with Crippen molar-refractivity contribution >= 4 is 11.8 Å². The molecular formula is C15H20N6. The Morgan fingerprint density at radius 1 is 1.00 bits per heavy atom. The molecule has 1 aliphatic heterocycles. The second-order valence-electron chi connectivity index (χ2n) is 5.08. The molecule has 21 heavy (non-hydrogen) atoms. The standard InChI is InChI=1S/C15H20N6/c1-16-10-13-11-18-15(19-12-13)21-8-6-20(7-9-21)14-4-2-3-5-17-14/h2-5,11-12,16H,6-10H2,1H3. The average Bonchev–Trinajstić information content (AvgIpc) is 2.57. The van der Waals surface area contributed by atoms with E-state index in [1.54, 1.807) is 0 Å². The van der Waals surface area contributed by atoms with Crippen LogP contribution < -0.4 is 15.1 Å². The number of nitrogens with zero attached hydrogens (tertiary/aromatic N) is 5. The van der Waals surface area contributed by atoms with Gasteiger partial charge in [-0.25, -0.2) is 15.0 Å². The van der Waals surface area contributed by atoms with Crippen molar-refractivity contribution in [2.24, 2.45) is 0 Å². The van der Waals surface area contributed by atoms with Gasteiger partial charge in [-0.05, 0) is 19.2 Å². The first-order valence-electron chi connectivity index (χ1n) is 7.23. The van der Waals surface area contributed by atoms with Crippen LogP contribution in [0.1, 0.15) is 5.56 Å². The molecule has 1 fully saturated rings. The predicted octanol–water partition coefficient (Wildman–Crippen LogP) is 0.918. The molecule has 3 heterocycles. The van der Waals surface area contributed by atoms with E-state index in [1.165, 1.54) is 0 Å². The van der Waals surface area contributed by atoms with Crippen LogP contribution in [0.15, 0.2) is 36.8 Å². The molecule has 1 aliphatic rings. The van der Waals surface area contributed by atoms with E-state index >= 15 is 0 Å². The molecule has 1 N–H and O–H groups in total. The third kappa shape index (κ3) is 3.28. The van der Waals surface area contributed by atoms with Gasteiger partial charge < -0.3 is 15.1 Å². The van der Waals surface area contributed by atoms with Gasteiger partial charge in [0.15, 0.2) is 0 Å². The molecule has 2 aromatic heterocycles. The summed E-state index contributed by atoms with van der Waals surface area (Å²) in [6.07, 6.45) is 5.62. The minimum Gasteiger partial charge on any atom is -0.353 e. The van der Waals surface area contributed by atoms with Gasteiger partial charge in [0.25, 0.3) is 0 Å². The molecule has 0 amide bonds. The Balaban J connectivity index is 1.60. The van der Waals surface area contributed by atoms with Crippen molar-refractivity contribution in [3.8, 4) is 0 Å². The van der Waals surface area contributed by atoms with Gasteiger partial charge in [0.1, 0.15) is 5.82 Å². The molecular weight excluding hydrogens is 264 g/mol. The Morgan fingerprint density at radius 2 is 1.71 bits per heavy atom. The smallest absolute Gasteiger partial charge is 0.225 e. The van der Waals surface area contributed by atoms with Crippen LogP contribution in [0.2, 0.25) is 0 Å². The molecule has 2 aromatic rings. The lowest BCUT2D eigenvalue weighted by Crippen LogP contribution is -2.47. The van der Waals surface area contributed by atoms with Crippen molar-refractivity contribution in [2.75, 3.05) is 43.0 Å². The van der Waals surface area contributed by atoms with Crippen molar-refractivity contribution in [2.45, 2.75) is 6.54 Å². The predicted molar refractivity (Wildman–Crippen MR) is 83.5 cm³/mol. The Morgan fingerprint density at radius 3 is 2.33 bits per heavy atom. The van der Waals surface area contributed by atoms with E-state index in [1.807, 2.05) is 37.8 Å². The number of hydrogen-bond acceptors (Lipinski definition) is 6. The second-order valence-corrected chi connectivity index (χ2v) is 5.08. The largest absolute Gasteiger partial charge is 0.353 e. The minimum absolute atomic E-state index is 0.799. The van der Waals surface area contributed by atoms with E-state index in [2.05, 4.69) is 36.1 Å². The normalized spacial score (nSPS) is 15.3. The SMILES string of the molecule is CNCc1cnc(N2CCN(c3ccccn3)CC2)nc1.